The molecule has 6 aromatic carbocycles. The first-order chi connectivity index (χ1) is 24.7. The van der Waals surface area contributed by atoms with Crippen molar-refractivity contribution in [3.05, 3.63) is 131 Å². The van der Waals surface area contributed by atoms with E-state index in [0.717, 1.165) is 9.52 Å². The molecule has 274 valence electrons. The SMILES string of the molecule is CCC(C)c1ccccc1-c1cccc2[cH-]c(C(C)(C)C)cc12.CCC(C)c1ccccc1-c1cccc2[cH-]c(C(C)(C)C)cc12.C[Si]C.[Cl][Zr+2][Cl]. The van der Waals surface area contributed by atoms with Gasteiger partial charge in [-0.15, -0.1) is 69.1 Å². The Kier molecular flexibility index (Phi) is 17.4. The molecule has 0 saturated heterocycles. The van der Waals surface area contributed by atoms with Crippen LogP contribution < -0.4 is 0 Å². The van der Waals surface area contributed by atoms with E-state index in [1.54, 1.807) is 0 Å². The van der Waals surface area contributed by atoms with Gasteiger partial charge in [-0.25, -0.2) is 0 Å². The van der Waals surface area contributed by atoms with Gasteiger partial charge in [0, 0.05) is 9.52 Å². The molecule has 0 aliphatic carbocycles. The molecule has 0 amide bonds. The van der Waals surface area contributed by atoms with Crippen LogP contribution in [0.2, 0.25) is 13.1 Å². The molecular weight excluding hydrogens is 767 g/mol. The van der Waals surface area contributed by atoms with Gasteiger partial charge in [0.2, 0.25) is 0 Å². The minimum absolute atomic E-state index is 0.187. The van der Waals surface area contributed by atoms with Crippen molar-refractivity contribution in [3.8, 4) is 22.3 Å². The van der Waals surface area contributed by atoms with Crippen LogP contribution in [-0.2, 0) is 31.7 Å². The average molecular weight is 827 g/mol. The second kappa shape index (κ2) is 20.5. The van der Waals surface area contributed by atoms with Gasteiger partial charge < -0.3 is 0 Å². The van der Waals surface area contributed by atoms with Crippen LogP contribution in [0.4, 0.5) is 0 Å². The summed E-state index contributed by atoms with van der Waals surface area (Å²) in [6, 6.07) is 40.7. The standard InChI is InChI=1S/2C23H27.C2H6Si.2ClH.Zr/c2*1-6-16(2)19-11-7-8-12-20(19)21-13-9-10-17-14-18(15-22(17)21)23(3,4)5;1-3-2;;;/h2*7-16H,6H2,1-5H3;1-2H3;2*1H;/q2*-1;;;;+4/p-2. The first-order valence-electron chi connectivity index (χ1n) is 18.8. The van der Waals surface area contributed by atoms with Gasteiger partial charge >= 0.3 is 37.9 Å². The van der Waals surface area contributed by atoms with Gasteiger partial charge in [-0.05, 0) is 57.8 Å². The summed E-state index contributed by atoms with van der Waals surface area (Å²) in [6.07, 6.45) is 2.34. The molecule has 2 radical (unpaired) electrons. The van der Waals surface area contributed by atoms with E-state index in [1.807, 2.05) is 0 Å². The molecule has 0 bridgehead atoms. The molecule has 52 heavy (non-hydrogen) atoms. The molecular formula is C48H60Cl2SiZr. The molecule has 0 N–H and O–H groups in total. The molecule has 0 saturated carbocycles. The summed E-state index contributed by atoms with van der Waals surface area (Å²) in [5.74, 6) is 1.16. The van der Waals surface area contributed by atoms with Crippen LogP contribution in [0, 0.1) is 0 Å². The molecule has 0 aliphatic rings. The van der Waals surface area contributed by atoms with Crippen molar-refractivity contribution in [3.63, 3.8) is 0 Å². The van der Waals surface area contributed by atoms with Gasteiger partial charge in [0.05, 0.1) is 0 Å². The Balaban J connectivity index is 0.000000244. The van der Waals surface area contributed by atoms with Crippen LogP contribution in [0.3, 0.4) is 0 Å². The Hall–Kier alpha value is -2.22. The van der Waals surface area contributed by atoms with Crippen LogP contribution in [0.15, 0.2) is 109 Å². The van der Waals surface area contributed by atoms with Crippen LogP contribution in [-0.4, -0.2) is 9.52 Å². The zero-order chi connectivity index (χ0) is 38.6. The van der Waals surface area contributed by atoms with Gasteiger partial charge in [0.15, 0.2) is 0 Å². The predicted molar refractivity (Wildman–Crippen MR) is 234 cm³/mol. The first-order valence-corrected chi connectivity index (χ1v) is 27.1. The Morgan fingerprint density at radius 3 is 1.17 bits per heavy atom. The van der Waals surface area contributed by atoms with Gasteiger partial charge in [-0.1, -0.05) is 154 Å². The van der Waals surface area contributed by atoms with Crippen molar-refractivity contribution in [2.45, 2.75) is 118 Å². The summed E-state index contributed by atoms with van der Waals surface area (Å²) in [5.41, 5.74) is 11.6. The van der Waals surface area contributed by atoms with E-state index in [1.165, 1.54) is 78.9 Å². The molecule has 4 heteroatoms. The predicted octanol–water partition coefficient (Wildman–Crippen LogP) is 16.2. The molecule has 6 rings (SSSR count). The van der Waals surface area contributed by atoms with Crippen molar-refractivity contribution in [1.29, 1.82) is 0 Å². The van der Waals surface area contributed by atoms with Gasteiger partial charge in [0.25, 0.3) is 0 Å². The first kappa shape index (κ1) is 44.2. The third kappa shape index (κ3) is 11.4. The third-order valence-corrected chi connectivity index (χ3v) is 10.0. The normalized spacial score (nSPS) is 12.4. The quantitative estimate of drug-likeness (QED) is 0.116. The molecule has 0 heterocycles. The average Bonchev–Trinajstić information content (AvgIpc) is 3.78. The fourth-order valence-electron chi connectivity index (χ4n) is 6.59. The zero-order valence-electron chi connectivity index (χ0n) is 33.7. The van der Waals surface area contributed by atoms with Crippen LogP contribution in [0.25, 0.3) is 43.8 Å². The molecule has 0 aromatic heterocycles. The second-order valence-corrected chi connectivity index (χ2v) is 20.7. The van der Waals surface area contributed by atoms with E-state index in [9.17, 15) is 0 Å². The van der Waals surface area contributed by atoms with Gasteiger partial charge in [-0.3, -0.25) is 0 Å². The van der Waals surface area contributed by atoms with Crippen molar-refractivity contribution in [2.75, 3.05) is 0 Å². The third-order valence-electron chi connectivity index (χ3n) is 10.0. The molecule has 0 nitrogen and oxygen atoms in total. The summed E-state index contributed by atoms with van der Waals surface area (Å²) in [6.45, 7) is 27.2. The summed E-state index contributed by atoms with van der Waals surface area (Å²) in [5, 5.41) is 5.47. The fourth-order valence-corrected chi connectivity index (χ4v) is 6.59. The number of halogens is 2. The maximum atomic E-state index is 4.93. The van der Waals surface area contributed by atoms with Crippen molar-refractivity contribution in [1.82, 2.24) is 0 Å². The fraction of sp³-hybridized carbons (Fsp3) is 0.375. The maximum absolute atomic E-state index is 4.93. The van der Waals surface area contributed by atoms with Crippen molar-refractivity contribution < 1.29 is 20.8 Å². The molecule has 0 spiro atoms. The summed E-state index contributed by atoms with van der Waals surface area (Å²) < 4.78 is 0. The number of rotatable bonds is 6. The Labute approximate surface area is 338 Å². The van der Waals surface area contributed by atoms with E-state index in [-0.39, 0.29) is 10.8 Å². The minimum atomic E-state index is -0.826. The zero-order valence-corrected chi connectivity index (χ0v) is 38.7. The van der Waals surface area contributed by atoms with Crippen molar-refractivity contribution >= 4 is 48.1 Å². The Bertz CT molecular complexity index is 1820. The Morgan fingerprint density at radius 2 is 0.865 bits per heavy atom. The monoisotopic (exact) mass is 824 g/mol. The summed E-state index contributed by atoms with van der Waals surface area (Å²) in [4.78, 5) is 0. The van der Waals surface area contributed by atoms with E-state index in [4.69, 9.17) is 17.0 Å². The van der Waals surface area contributed by atoms with Crippen LogP contribution in [0.5, 0.6) is 0 Å². The Morgan fingerprint density at radius 1 is 0.558 bits per heavy atom. The van der Waals surface area contributed by atoms with E-state index in [0.29, 0.717) is 11.8 Å². The number of fused-ring (bicyclic) bond motifs is 2. The van der Waals surface area contributed by atoms with E-state index >= 15 is 0 Å². The van der Waals surface area contributed by atoms with Gasteiger partial charge in [0.1, 0.15) is 0 Å². The molecule has 0 aliphatic heterocycles. The number of benzene rings is 4. The summed E-state index contributed by atoms with van der Waals surface area (Å²) >= 11 is -0.826. The summed E-state index contributed by atoms with van der Waals surface area (Å²) in [7, 11) is 11.0. The second-order valence-electron chi connectivity index (χ2n) is 16.0. The van der Waals surface area contributed by atoms with Crippen molar-refractivity contribution in [2.24, 2.45) is 0 Å². The van der Waals surface area contributed by atoms with Crippen LogP contribution in [0.1, 0.15) is 116 Å². The van der Waals surface area contributed by atoms with Crippen LogP contribution >= 0.6 is 17.0 Å². The molecule has 2 atom stereocenters. The van der Waals surface area contributed by atoms with E-state index in [2.05, 4.69) is 192 Å². The number of hydrogen-bond acceptors (Lipinski definition) is 0. The molecule has 2 unspecified atom stereocenters. The molecule has 0 fully saturated rings. The molecule has 6 aromatic rings. The number of hydrogen-bond donors (Lipinski definition) is 0. The van der Waals surface area contributed by atoms with E-state index < -0.39 is 20.8 Å². The topological polar surface area (TPSA) is 0 Å². The van der Waals surface area contributed by atoms with Gasteiger partial charge in [-0.2, -0.15) is 12.1 Å².